The zero-order valence-electron chi connectivity index (χ0n) is 19.5. The van der Waals surface area contributed by atoms with E-state index in [1.807, 2.05) is 80.6 Å². The van der Waals surface area contributed by atoms with Crippen LogP contribution in [0.5, 0.6) is 5.75 Å². The van der Waals surface area contributed by atoms with Crippen LogP contribution < -0.4 is 15.7 Å². The van der Waals surface area contributed by atoms with Gasteiger partial charge in [0.05, 0.1) is 18.1 Å². The van der Waals surface area contributed by atoms with Gasteiger partial charge in [0.25, 0.3) is 0 Å². The van der Waals surface area contributed by atoms with Crippen molar-refractivity contribution in [2.24, 2.45) is 0 Å². The molecule has 0 fully saturated rings. The first-order valence-corrected chi connectivity index (χ1v) is 11.8. The van der Waals surface area contributed by atoms with Crippen LogP contribution in [0.25, 0.3) is 16.7 Å². The summed E-state index contributed by atoms with van der Waals surface area (Å²) in [7, 11) is 1.61. The highest BCUT2D eigenvalue weighted by atomic mass is 32.2. The van der Waals surface area contributed by atoms with Crippen LogP contribution in [-0.2, 0) is 11.3 Å². The van der Waals surface area contributed by atoms with Gasteiger partial charge in [-0.05, 0) is 55.3 Å². The van der Waals surface area contributed by atoms with Gasteiger partial charge in [0, 0.05) is 10.6 Å². The van der Waals surface area contributed by atoms with Gasteiger partial charge < -0.3 is 10.1 Å². The molecule has 5 rings (SSSR count). The standard InChI is InChI=1S/C26H23N5O3S/c1-16-8-6-9-17(2)23(16)28-22(32)15-30-26(33)31-21-13-5-4-12-20(21)27-25(24(31)29-30)35-19-11-7-10-18(14-19)34-3/h4-14H,15H2,1-3H3,(H,28,32). The lowest BCUT2D eigenvalue weighted by molar-refractivity contribution is -0.117. The molecule has 0 radical (unpaired) electrons. The number of fused-ring (bicyclic) bond motifs is 3. The fourth-order valence-corrected chi connectivity index (χ4v) is 4.86. The van der Waals surface area contributed by atoms with Gasteiger partial charge in [-0.1, -0.05) is 48.2 Å². The molecule has 1 amide bonds. The summed E-state index contributed by atoms with van der Waals surface area (Å²) in [5, 5.41) is 8.00. The van der Waals surface area contributed by atoms with Crippen LogP contribution in [0.4, 0.5) is 5.69 Å². The summed E-state index contributed by atoms with van der Waals surface area (Å²) >= 11 is 1.38. The number of amides is 1. The smallest absolute Gasteiger partial charge is 0.351 e. The monoisotopic (exact) mass is 485 g/mol. The van der Waals surface area contributed by atoms with Gasteiger partial charge >= 0.3 is 5.69 Å². The van der Waals surface area contributed by atoms with Gasteiger partial charge in [0.2, 0.25) is 5.91 Å². The fraction of sp³-hybridized carbons (Fsp3) is 0.154. The van der Waals surface area contributed by atoms with Crippen molar-refractivity contribution in [3.05, 3.63) is 88.3 Å². The van der Waals surface area contributed by atoms with E-state index in [2.05, 4.69) is 10.4 Å². The molecule has 2 heterocycles. The minimum atomic E-state index is -0.400. The van der Waals surface area contributed by atoms with Crippen molar-refractivity contribution in [3.8, 4) is 5.75 Å². The highest BCUT2D eigenvalue weighted by Gasteiger charge is 2.19. The molecular formula is C26H23N5O3S. The summed E-state index contributed by atoms with van der Waals surface area (Å²) in [5.74, 6) is 0.394. The molecule has 0 aliphatic carbocycles. The average molecular weight is 486 g/mol. The summed E-state index contributed by atoms with van der Waals surface area (Å²) < 4.78 is 8.02. The highest BCUT2D eigenvalue weighted by molar-refractivity contribution is 7.99. The highest BCUT2D eigenvalue weighted by Crippen LogP contribution is 2.32. The number of hydrogen-bond donors (Lipinski definition) is 1. The molecule has 0 atom stereocenters. The molecule has 2 aromatic heterocycles. The first-order valence-electron chi connectivity index (χ1n) is 11.0. The average Bonchev–Trinajstić information content (AvgIpc) is 3.18. The lowest BCUT2D eigenvalue weighted by Crippen LogP contribution is -2.28. The first kappa shape index (κ1) is 22.7. The number of carbonyl (C=O) groups excluding carboxylic acids is 1. The topological polar surface area (TPSA) is 90.5 Å². The van der Waals surface area contributed by atoms with Gasteiger partial charge in [0.15, 0.2) is 5.65 Å². The Bertz CT molecular complexity index is 1620. The van der Waals surface area contributed by atoms with Crippen LogP contribution in [0.15, 0.2) is 81.4 Å². The van der Waals surface area contributed by atoms with Crippen LogP contribution in [0.1, 0.15) is 11.1 Å². The minimum absolute atomic E-state index is 0.216. The van der Waals surface area contributed by atoms with Crippen LogP contribution in [0, 0.1) is 13.8 Å². The number of nitrogens with one attached hydrogen (secondary N) is 1. The Morgan fingerprint density at radius 1 is 1.03 bits per heavy atom. The van der Waals surface area contributed by atoms with E-state index < -0.39 is 5.69 Å². The van der Waals surface area contributed by atoms with Crippen molar-refractivity contribution in [1.29, 1.82) is 0 Å². The predicted octanol–water partition coefficient (Wildman–Crippen LogP) is 4.46. The molecule has 0 saturated heterocycles. The summed E-state index contributed by atoms with van der Waals surface area (Å²) in [4.78, 5) is 31.9. The number of aryl methyl sites for hydroxylation is 2. The van der Waals surface area contributed by atoms with Crippen molar-refractivity contribution < 1.29 is 9.53 Å². The second-order valence-electron chi connectivity index (χ2n) is 8.10. The molecule has 0 spiro atoms. The number of ether oxygens (including phenoxy) is 1. The molecule has 0 aliphatic heterocycles. The summed E-state index contributed by atoms with van der Waals surface area (Å²) in [6.07, 6.45) is 0. The number of para-hydroxylation sites is 3. The predicted molar refractivity (Wildman–Crippen MR) is 136 cm³/mol. The number of aromatic nitrogens is 4. The number of methoxy groups -OCH3 is 1. The van der Waals surface area contributed by atoms with E-state index in [1.54, 1.807) is 7.11 Å². The van der Waals surface area contributed by atoms with Crippen LogP contribution in [0.3, 0.4) is 0 Å². The molecule has 0 aliphatic rings. The third kappa shape index (κ3) is 4.38. The molecule has 0 bridgehead atoms. The SMILES string of the molecule is COc1cccc(Sc2nc3ccccc3n3c(=O)n(CC(=O)Nc4c(C)cccc4C)nc23)c1. The molecule has 35 heavy (non-hydrogen) atoms. The van der Waals surface area contributed by atoms with Gasteiger partial charge in [-0.25, -0.2) is 18.9 Å². The maximum absolute atomic E-state index is 13.4. The summed E-state index contributed by atoms with van der Waals surface area (Å²) in [6.45, 7) is 3.64. The second-order valence-corrected chi connectivity index (χ2v) is 9.16. The summed E-state index contributed by atoms with van der Waals surface area (Å²) in [5.41, 5.74) is 3.93. The zero-order chi connectivity index (χ0) is 24.5. The molecule has 9 heteroatoms. The fourth-order valence-electron chi connectivity index (χ4n) is 3.94. The van der Waals surface area contributed by atoms with Gasteiger partial charge in [0.1, 0.15) is 17.3 Å². The Kier molecular flexibility index (Phi) is 6.00. The minimum Gasteiger partial charge on any atom is -0.497 e. The Labute approximate surface area is 205 Å². The maximum atomic E-state index is 13.4. The molecule has 176 valence electrons. The van der Waals surface area contributed by atoms with Crippen molar-refractivity contribution in [3.63, 3.8) is 0 Å². The van der Waals surface area contributed by atoms with Crippen molar-refractivity contribution in [1.82, 2.24) is 19.2 Å². The number of carbonyl (C=O) groups is 1. The zero-order valence-corrected chi connectivity index (χ0v) is 20.3. The van der Waals surface area contributed by atoms with Gasteiger partial charge in [-0.15, -0.1) is 5.10 Å². The van der Waals surface area contributed by atoms with E-state index in [9.17, 15) is 9.59 Å². The van der Waals surface area contributed by atoms with Gasteiger partial charge in [-0.3, -0.25) is 4.79 Å². The lowest BCUT2D eigenvalue weighted by atomic mass is 10.1. The maximum Gasteiger partial charge on any atom is 0.351 e. The number of hydrogen-bond acceptors (Lipinski definition) is 6. The largest absolute Gasteiger partial charge is 0.497 e. The molecule has 1 N–H and O–H groups in total. The van der Waals surface area contributed by atoms with Crippen LogP contribution in [0.2, 0.25) is 0 Å². The number of benzene rings is 3. The Morgan fingerprint density at radius 3 is 2.54 bits per heavy atom. The number of nitrogens with zero attached hydrogens (tertiary/aromatic N) is 4. The quantitative estimate of drug-likeness (QED) is 0.382. The van der Waals surface area contributed by atoms with E-state index in [0.29, 0.717) is 21.7 Å². The van der Waals surface area contributed by atoms with Crippen LogP contribution in [-0.4, -0.2) is 32.2 Å². The van der Waals surface area contributed by atoms with E-state index in [1.165, 1.54) is 20.8 Å². The van der Waals surface area contributed by atoms with Crippen molar-refractivity contribution in [2.45, 2.75) is 30.3 Å². The molecule has 3 aromatic carbocycles. The Balaban J connectivity index is 1.56. The second kappa shape index (κ2) is 9.27. The molecular weight excluding hydrogens is 462 g/mol. The number of anilines is 1. The molecule has 8 nitrogen and oxygen atoms in total. The first-order chi connectivity index (χ1) is 16.9. The Hall–Kier alpha value is -4.11. The van der Waals surface area contributed by atoms with E-state index in [4.69, 9.17) is 9.72 Å². The van der Waals surface area contributed by atoms with Gasteiger partial charge in [-0.2, -0.15) is 0 Å². The van der Waals surface area contributed by atoms with E-state index >= 15 is 0 Å². The third-order valence-electron chi connectivity index (χ3n) is 5.67. The Morgan fingerprint density at radius 2 is 1.77 bits per heavy atom. The molecule has 0 saturated carbocycles. The van der Waals surface area contributed by atoms with Crippen LogP contribution >= 0.6 is 11.8 Å². The van der Waals surface area contributed by atoms with E-state index in [0.717, 1.165) is 27.5 Å². The van der Waals surface area contributed by atoms with E-state index in [-0.39, 0.29) is 12.5 Å². The molecule has 5 aromatic rings. The lowest BCUT2D eigenvalue weighted by Gasteiger charge is -2.11. The van der Waals surface area contributed by atoms with Crippen molar-refractivity contribution >= 4 is 40.0 Å². The van der Waals surface area contributed by atoms with Crippen molar-refractivity contribution in [2.75, 3.05) is 12.4 Å². The number of rotatable bonds is 6. The normalized spacial score (nSPS) is 11.2. The third-order valence-corrected chi connectivity index (χ3v) is 6.63. The molecule has 0 unspecified atom stereocenters. The summed E-state index contributed by atoms with van der Waals surface area (Å²) in [6, 6.07) is 20.8.